The number of thiophene rings is 1. The number of carbonyl (C=O) groups is 2. The van der Waals surface area contributed by atoms with Crippen molar-refractivity contribution in [1.29, 1.82) is 0 Å². The van der Waals surface area contributed by atoms with Gasteiger partial charge in [0.25, 0.3) is 5.91 Å². The maximum Gasteiger partial charge on any atom is 0.308 e. The van der Waals surface area contributed by atoms with E-state index in [1.54, 1.807) is 29.1 Å². The van der Waals surface area contributed by atoms with Crippen LogP contribution in [-0.4, -0.2) is 37.5 Å². The lowest BCUT2D eigenvalue weighted by Crippen LogP contribution is -2.55. The standard InChI is InChI=1S/C16H20N4O3S/c1-16(7-3-2-6-12(16)15(22)23)17-14(21)13-10-20(19-18-13)9-11-5-4-8-24-11/h4-5,8,10,12H,2-3,6-7,9H2,1H3,(H,17,21)(H,22,23). The number of rotatable bonds is 5. The van der Waals surface area contributed by atoms with Crippen molar-refractivity contribution in [2.75, 3.05) is 0 Å². The smallest absolute Gasteiger partial charge is 0.308 e. The van der Waals surface area contributed by atoms with Gasteiger partial charge in [-0.1, -0.05) is 24.1 Å². The van der Waals surface area contributed by atoms with Gasteiger partial charge in [0.05, 0.1) is 24.2 Å². The number of carboxylic acids is 1. The summed E-state index contributed by atoms with van der Waals surface area (Å²) in [6.45, 7) is 2.37. The number of carbonyl (C=O) groups excluding carboxylic acids is 1. The molecule has 2 aromatic rings. The van der Waals surface area contributed by atoms with Crippen LogP contribution >= 0.6 is 11.3 Å². The largest absolute Gasteiger partial charge is 0.481 e. The van der Waals surface area contributed by atoms with Gasteiger partial charge in [0.1, 0.15) is 0 Å². The van der Waals surface area contributed by atoms with Gasteiger partial charge in [-0.3, -0.25) is 9.59 Å². The molecule has 2 aromatic heterocycles. The molecule has 0 aliphatic heterocycles. The first kappa shape index (κ1) is 16.6. The summed E-state index contributed by atoms with van der Waals surface area (Å²) in [5.41, 5.74) is -0.541. The van der Waals surface area contributed by atoms with E-state index in [0.29, 0.717) is 19.4 Å². The van der Waals surface area contributed by atoms with Gasteiger partial charge in [0.2, 0.25) is 0 Å². The number of hydrogen-bond acceptors (Lipinski definition) is 5. The Bertz CT molecular complexity index is 728. The Morgan fingerprint density at radius 2 is 2.33 bits per heavy atom. The van der Waals surface area contributed by atoms with Gasteiger partial charge in [-0.15, -0.1) is 16.4 Å². The SMILES string of the molecule is CC1(NC(=O)c2cn(Cc3cccs3)nn2)CCCCC1C(=O)O. The molecule has 1 amide bonds. The van der Waals surface area contributed by atoms with Crippen molar-refractivity contribution in [1.82, 2.24) is 20.3 Å². The number of aromatic nitrogens is 3. The van der Waals surface area contributed by atoms with E-state index >= 15 is 0 Å². The van der Waals surface area contributed by atoms with Crippen molar-refractivity contribution in [3.8, 4) is 0 Å². The minimum Gasteiger partial charge on any atom is -0.481 e. The lowest BCUT2D eigenvalue weighted by Gasteiger charge is -2.39. The van der Waals surface area contributed by atoms with E-state index < -0.39 is 17.4 Å². The summed E-state index contributed by atoms with van der Waals surface area (Å²) in [5, 5.41) is 22.2. The van der Waals surface area contributed by atoms with E-state index in [9.17, 15) is 14.7 Å². The van der Waals surface area contributed by atoms with Crippen LogP contribution in [0.4, 0.5) is 0 Å². The Labute approximate surface area is 143 Å². The molecular formula is C16H20N4O3S. The van der Waals surface area contributed by atoms with Crippen molar-refractivity contribution < 1.29 is 14.7 Å². The lowest BCUT2D eigenvalue weighted by atomic mass is 9.74. The molecule has 0 bridgehead atoms. The molecular weight excluding hydrogens is 328 g/mol. The van der Waals surface area contributed by atoms with Gasteiger partial charge < -0.3 is 10.4 Å². The van der Waals surface area contributed by atoms with Crippen molar-refractivity contribution in [3.05, 3.63) is 34.3 Å². The molecule has 2 unspecified atom stereocenters. The molecule has 1 aliphatic carbocycles. The molecule has 2 N–H and O–H groups in total. The molecule has 3 rings (SSSR count). The molecule has 128 valence electrons. The topological polar surface area (TPSA) is 97.1 Å². The van der Waals surface area contributed by atoms with Gasteiger partial charge in [-0.2, -0.15) is 0 Å². The van der Waals surface area contributed by atoms with Crippen LogP contribution in [0.1, 0.15) is 48.0 Å². The van der Waals surface area contributed by atoms with Crippen molar-refractivity contribution in [2.24, 2.45) is 5.92 Å². The van der Waals surface area contributed by atoms with Gasteiger partial charge >= 0.3 is 5.97 Å². The van der Waals surface area contributed by atoms with Crippen LogP contribution in [0, 0.1) is 5.92 Å². The van der Waals surface area contributed by atoms with Crippen LogP contribution in [0.3, 0.4) is 0 Å². The number of aliphatic carboxylic acids is 1. The predicted molar refractivity (Wildman–Crippen MR) is 88.9 cm³/mol. The van der Waals surface area contributed by atoms with E-state index in [1.165, 1.54) is 0 Å². The molecule has 1 saturated carbocycles. The Morgan fingerprint density at radius 3 is 3.04 bits per heavy atom. The fraction of sp³-hybridized carbons (Fsp3) is 0.500. The minimum atomic E-state index is -0.862. The summed E-state index contributed by atoms with van der Waals surface area (Å²) in [6.07, 6.45) is 4.61. The predicted octanol–water partition coefficient (Wildman–Crippen LogP) is 2.15. The summed E-state index contributed by atoms with van der Waals surface area (Å²) in [5.74, 6) is -1.81. The third-order valence-corrected chi connectivity index (χ3v) is 5.44. The zero-order chi connectivity index (χ0) is 17.2. The second-order valence-corrected chi connectivity index (χ2v) is 7.42. The molecule has 0 radical (unpaired) electrons. The number of nitrogens with zero attached hydrogens (tertiary/aromatic N) is 3. The van der Waals surface area contributed by atoms with E-state index in [0.717, 1.165) is 17.7 Å². The lowest BCUT2D eigenvalue weighted by molar-refractivity contribution is -0.145. The third-order valence-electron chi connectivity index (χ3n) is 4.57. The second kappa shape index (κ2) is 6.72. The molecule has 0 spiro atoms. The molecule has 1 fully saturated rings. The summed E-state index contributed by atoms with van der Waals surface area (Å²) >= 11 is 1.61. The average molecular weight is 348 g/mol. The van der Waals surface area contributed by atoms with Crippen LogP contribution in [-0.2, 0) is 11.3 Å². The van der Waals surface area contributed by atoms with Crippen LogP contribution in [0.25, 0.3) is 0 Å². The van der Waals surface area contributed by atoms with Gasteiger partial charge in [0.15, 0.2) is 5.69 Å². The molecule has 24 heavy (non-hydrogen) atoms. The van der Waals surface area contributed by atoms with E-state index in [2.05, 4.69) is 15.6 Å². The van der Waals surface area contributed by atoms with E-state index in [4.69, 9.17) is 0 Å². The van der Waals surface area contributed by atoms with Crippen LogP contribution < -0.4 is 5.32 Å². The van der Waals surface area contributed by atoms with Gasteiger partial charge in [-0.25, -0.2) is 4.68 Å². The zero-order valence-corrected chi connectivity index (χ0v) is 14.3. The zero-order valence-electron chi connectivity index (χ0n) is 13.4. The summed E-state index contributed by atoms with van der Waals surface area (Å²) in [7, 11) is 0. The highest BCUT2D eigenvalue weighted by Gasteiger charge is 2.42. The van der Waals surface area contributed by atoms with E-state index in [1.807, 2.05) is 17.5 Å². The Hall–Kier alpha value is -2.22. The summed E-state index contributed by atoms with van der Waals surface area (Å²) < 4.78 is 1.61. The highest BCUT2D eigenvalue weighted by atomic mass is 32.1. The Kier molecular flexibility index (Phi) is 4.66. The van der Waals surface area contributed by atoms with Crippen LogP contribution in [0.5, 0.6) is 0 Å². The molecule has 2 atom stereocenters. The maximum absolute atomic E-state index is 12.5. The first-order valence-electron chi connectivity index (χ1n) is 7.96. The number of nitrogens with one attached hydrogen (secondary N) is 1. The maximum atomic E-state index is 12.5. The van der Waals surface area contributed by atoms with Crippen LogP contribution in [0.2, 0.25) is 0 Å². The molecule has 0 saturated heterocycles. The summed E-state index contributed by atoms with van der Waals surface area (Å²) in [6, 6.07) is 3.95. The Morgan fingerprint density at radius 1 is 1.50 bits per heavy atom. The highest BCUT2D eigenvalue weighted by Crippen LogP contribution is 2.34. The van der Waals surface area contributed by atoms with Gasteiger partial charge in [-0.05, 0) is 31.2 Å². The number of amides is 1. The molecule has 8 heteroatoms. The monoisotopic (exact) mass is 348 g/mol. The summed E-state index contributed by atoms with van der Waals surface area (Å²) in [4.78, 5) is 25.1. The van der Waals surface area contributed by atoms with Crippen molar-refractivity contribution in [3.63, 3.8) is 0 Å². The average Bonchev–Trinajstić information content (AvgIpc) is 3.19. The molecule has 1 aliphatic rings. The Balaban J connectivity index is 1.70. The number of hydrogen-bond donors (Lipinski definition) is 2. The van der Waals surface area contributed by atoms with Gasteiger partial charge in [0, 0.05) is 4.88 Å². The first-order chi connectivity index (χ1) is 11.5. The molecule has 7 nitrogen and oxygen atoms in total. The third kappa shape index (κ3) is 3.48. The molecule has 2 heterocycles. The van der Waals surface area contributed by atoms with Crippen molar-refractivity contribution >= 4 is 23.2 Å². The quantitative estimate of drug-likeness (QED) is 0.863. The number of carboxylic acid groups (broad SMARTS) is 1. The van der Waals surface area contributed by atoms with Crippen molar-refractivity contribution in [2.45, 2.75) is 44.7 Å². The van der Waals surface area contributed by atoms with E-state index in [-0.39, 0.29) is 11.6 Å². The minimum absolute atomic E-state index is 0.211. The fourth-order valence-electron chi connectivity index (χ4n) is 3.24. The highest BCUT2D eigenvalue weighted by molar-refractivity contribution is 7.09. The first-order valence-corrected chi connectivity index (χ1v) is 8.84. The fourth-order valence-corrected chi connectivity index (χ4v) is 3.94. The normalized spacial score (nSPS) is 23.8. The second-order valence-electron chi connectivity index (χ2n) is 6.39. The van der Waals surface area contributed by atoms with Crippen LogP contribution in [0.15, 0.2) is 23.7 Å². The molecule has 0 aromatic carbocycles.